The van der Waals surface area contributed by atoms with E-state index in [1.54, 1.807) is 0 Å². The summed E-state index contributed by atoms with van der Waals surface area (Å²) in [5.74, 6) is -1.00. The predicted molar refractivity (Wildman–Crippen MR) is 88.2 cm³/mol. The number of aryl methyl sites for hydroxylation is 2. The van der Waals surface area contributed by atoms with Gasteiger partial charge in [0.05, 0.1) is 12.1 Å². The molecule has 0 saturated carbocycles. The van der Waals surface area contributed by atoms with E-state index in [9.17, 15) is 9.90 Å². The number of hydrogen-bond donors (Lipinski definition) is 1. The van der Waals surface area contributed by atoms with E-state index >= 15 is 0 Å². The Kier molecular flexibility index (Phi) is 4.48. The van der Waals surface area contributed by atoms with E-state index in [1.165, 1.54) is 5.56 Å². The van der Waals surface area contributed by atoms with Crippen molar-refractivity contribution in [3.05, 3.63) is 53.3 Å². The third-order valence-electron chi connectivity index (χ3n) is 4.72. The van der Waals surface area contributed by atoms with Crippen LogP contribution in [0.1, 0.15) is 29.5 Å². The van der Waals surface area contributed by atoms with Gasteiger partial charge in [-0.3, -0.25) is 14.4 Å². The van der Waals surface area contributed by atoms with Gasteiger partial charge < -0.3 is 5.11 Å². The summed E-state index contributed by atoms with van der Waals surface area (Å²) in [5.41, 5.74) is 3.47. The molecule has 5 nitrogen and oxygen atoms in total. The molecule has 2 aromatic rings. The highest BCUT2D eigenvalue weighted by atomic mass is 16.4. The third-order valence-corrected chi connectivity index (χ3v) is 4.72. The Morgan fingerprint density at radius 3 is 2.78 bits per heavy atom. The van der Waals surface area contributed by atoms with Crippen LogP contribution in [0, 0.1) is 12.8 Å². The summed E-state index contributed by atoms with van der Waals surface area (Å²) in [4.78, 5) is 13.9. The lowest BCUT2D eigenvalue weighted by molar-refractivity contribution is -0.141. The zero-order chi connectivity index (χ0) is 16.4. The van der Waals surface area contributed by atoms with E-state index in [2.05, 4.69) is 36.0 Å². The molecule has 0 unspecified atom stereocenters. The standard InChI is InChI=1S/C18H23N3O2/c1-3-21-10-14(8-19-21)9-20-11-16(17(12-20)18(22)23)15-7-5-4-6-13(15)2/h4-8,10,16-17H,3,9,11-12H2,1-2H3,(H,22,23)/t16-,17+/m0/s1. The monoisotopic (exact) mass is 313 g/mol. The number of aliphatic carboxylic acids is 1. The van der Waals surface area contributed by atoms with Crippen LogP contribution in [-0.4, -0.2) is 38.8 Å². The SMILES string of the molecule is CCn1cc(CN2C[C@@H](C(=O)O)[C@H](c3ccccc3C)C2)cn1. The quantitative estimate of drug-likeness (QED) is 0.921. The number of carboxylic acid groups (broad SMARTS) is 1. The number of carboxylic acids is 1. The molecule has 1 aromatic carbocycles. The normalized spacial score (nSPS) is 21.7. The first-order chi connectivity index (χ1) is 11.1. The van der Waals surface area contributed by atoms with Crippen molar-refractivity contribution in [3.8, 4) is 0 Å². The molecule has 1 aromatic heterocycles. The van der Waals surface area contributed by atoms with E-state index in [0.717, 1.165) is 30.8 Å². The topological polar surface area (TPSA) is 58.4 Å². The molecule has 5 heteroatoms. The molecule has 1 aliphatic rings. The minimum Gasteiger partial charge on any atom is -0.481 e. The van der Waals surface area contributed by atoms with Crippen molar-refractivity contribution in [2.75, 3.05) is 13.1 Å². The van der Waals surface area contributed by atoms with Crippen molar-refractivity contribution >= 4 is 5.97 Å². The van der Waals surface area contributed by atoms with Gasteiger partial charge in [0.15, 0.2) is 0 Å². The highest BCUT2D eigenvalue weighted by Crippen LogP contribution is 2.35. The van der Waals surface area contributed by atoms with Crippen LogP contribution in [0.4, 0.5) is 0 Å². The minimum absolute atomic E-state index is 0.0509. The zero-order valence-electron chi connectivity index (χ0n) is 13.6. The Morgan fingerprint density at radius 1 is 1.35 bits per heavy atom. The van der Waals surface area contributed by atoms with Crippen LogP contribution in [-0.2, 0) is 17.9 Å². The molecule has 2 atom stereocenters. The molecular formula is C18H23N3O2. The van der Waals surface area contributed by atoms with Crippen LogP contribution < -0.4 is 0 Å². The lowest BCUT2D eigenvalue weighted by Gasteiger charge is -2.17. The lowest BCUT2D eigenvalue weighted by atomic mass is 9.86. The largest absolute Gasteiger partial charge is 0.481 e. The fraction of sp³-hybridized carbons (Fsp3) is 0.444. The summed E-state index contributed by atoms with van der Waals surface area (Å²) in [7, 11) is 0. The number of rotatable bonds is 5. The van der Waals surface area contributed by atoms with Gasteiger partial charge in [-0.1, -0.05) is 24.3 Å². The highest BCUT2D eigenvalue weighted by molar-refractivity contribution is 5.72. The third kappa shape index (κ3) is 3.29. The van der Waals surface area contributed by atoms with Gasteiger partial charge in [0.2, 0.25) is 0 Å². The van der Waals surface area contributed by atoms with E-state index in [4.69, 9.17) is 0 Å². The molecule has 0 aliphatic carbocycles. The van der Waals surface area contributed by atoms with Crippen molar-refractivity contribution in [2.24, 2.45) is 5.92 Å². The van der Waals surface area contributed by atoms with Gasteiger partial charge in [-0.05, 0) is 25.0 Å². The maximum absolute atomic E-state index is 11.7. The first kappa shape index (κ1) is 15.7. The second-order valence-corrected chi connectivity index (χ2v) is 6.31. The molecule has 2 heterocycles. The Hall–Kier alpha value is -2.14. The van der Waals surface area contributed by atoms with E-state index in [-0.39, 0.29) is 11.8 Å². The summed E-state index contributed by atoms with van der Waals surface area (Å²) in [6.07, 6.45) is 3.91. The summed E-state index contributed by atoms with van der Waals surface area (Å²) < 4.78 is 1.90. The van der Waals surface area contributed by atoms with Gasteiger partial charge in [-0.25, -0.2) is 0 Å². The molecule has 1 aliphatic heterocycles. The maximum atomic E-state index is 11.7. The van der Waals surface area contributed by atoms with Crippen molar-refractivity contribution in [1.29, 1.82) is 0 Å². The van der Waals surface area contributed by atoms with E-state index in [0.29, 0.717) is 6.54 Å². The minimum atomic E-state index is -0.704. The number of carbonyl (C=O) groups is 1. The molecule has 23 heavy (non-hydrogen) atoms. The average molecular weight is 313 g/mol. The van der Waals surface area contributed by atoms with Gasteiger partial charge in [0.25, 0.3) is 0 Å². The first-order valence-corrected chi connectivity index (χ1v) is 8.10. The summed E-state index contributed by atoms with van der Waals surface area (Å²) in [6, 6.07) is 8.12. The van der Waals surface area contributed by atoms with Crippen LogP contribution in [0.15, 0.2) is 36.7 Å². The first-order valence-electron chi connectivity index (χ1n) is 8.10. The Morgan fingerprint density at radius 2 is 2.13 bits per heavy atom. The Bertz CT molecular complexity index is 695. The molecular weight excluding hydrogens is 290 g/mol. The maximum Gasteiger partial charge on any atom is 0.308 e. The van der Waals surface area contributed by atoms with Gasteiger partial charge in [0, 0.05) is 43.9 Å². The number of benzene rings is 1. The number of aromatic nitrogens is 2. The molecule has 1 N–H and O–H groups in total. The Balaban J connectivity index is 1.78. The van der Waals surface area contributed by atoms with Crippen molar-refractivity contribution < 1.29 is 9.90 Å². The number of likely N-dealkylation sites (tertiary alicyclic amines) is 1. The van der Waals surface area contributed by atoms with E-state index < -0.39 is 5.97 Å². The van der Waals surface area contributed by atoms with Gasteiger partial charge >= 0.3 is 5.97 Å². The Labute approximate surface area is 136 Å². The molecule has 1 saturated heterocycles. The molecule has 3 rings (SSSR count). The van der Waals surface area contributed by atoms with Crippen LogP contribution in [0.5, 0.6) is 0 Å². The molecule has 0 bridgehead atoms. The fourth-order valence-corrected chi connectivity index (χ4v) is 3.50. The molecule has 0 radical (unpaired) electrons. The van der Waals surface area contributed by atoms with Crippen molar-refractivity contribution in [3.63, 3.8) is 0 Å². The average Bonchev–Trinajstić information content (AvgIpc) is 3.15. The van der Waals surface area contributed by atoms with Crippen LogP contribution >= 0.6 is 0 Å². The second kappa shape index (κ2) is 6.54. The van der Waals surface area contributed by atoms with Crippen molar-refractivity contribution in [1.82, 2.24) is 14.7 Å². The molecule has 0 amide bonds. The van der Waals surface area contributed by atoms with Gasteiger partial charge in [0.1, 0.15) is 0 Å². The lowest BCUT2D eigenvalue weighted by Crippen LogP contribution is -2.23. The number of hydrogen-bond acceptors (Lipinski definition) is 3. The summed E-state index contributed by atoms with van der Waals surface area (Å²) >= 11 is 0. The van der Waals surface area contributed by atoms with Crippen LogP contribution in [0.25, 0.3) is 0 Å². The second-order valence-electron chi connectivity index (χ2n) is 6.31. The molecule has 1 fully saturated rings. The fourth-order valence-electron chi connectivity index (χ4n) is 3.50. The van der Waals surface area contributed by atoms with Gasteiger partial charge in [-0.2, -0.15) is 5.10 Å². The van der Waals surface area contributed by atoms with Gasteiger partial charge in [-0.15, -0.1) is 0 Å². The highest BCUT2D eigenvalue weighted by Gasteiger charge is 2.38. The smallest absolute Gasteiger partial charge is 0.308 e. The summed E-state index contributed by atoms with van der Waals surface area (Å²) in [5, 5.41) is 13.9. The van der Waals surface area contributed by atoms with E-state index in [1.807, 2.05) is 29.2 Å². The summed E-state index contributed by atoms with van der Waals surface area (Å²) in [6.45, 7) is 7.09. The predicted octanol–water partition coefficient (Wildman–Crippen LogP) is 2.51. The zero-order valence-corrected chi connectivity index (χ0v) is 13.6. The molecule has 0 spiro atoms. The van der Waals surface area contributed by atoms with Crippen molar-refractivity contribution in [2.45, 2.75) is 32.9 Å². The molecule has 122 valence electrons. The van der Waals surface area contributed by atoms with Crippen LogP contribution in [0.3, 0.4) is 0 Å². The van der Waals surface area contributed by atoms with Crippen LogP contribution in [0.2, 0.25) is 0 Å². The number of nitrogens with zero attached hydrogens (tertiary/aromatic N) is 3.